The van der Waals surface area contributed by atoms with Crippen LogP contribution in [0.4, 0.5) is 0 Å². The molecular formula is C14H20N2O2. The number of ether oxygens (including phenoxy) is 2. The fraction of sp³-hybridized carbons (Fsp3) is 0.643. The lowest BCUT2D eigenvalue weighted by atomic mass is 10.00. The summed E-state index contributed by atoms with van der Waals surface area (Å²) in [6.07, 6.45) is 8.09. The minimum atomic E-state index is -0.208. The molecule has 1 saturated heterocycles. The van der Waals surface area contributed by atoms with Gasteiger partial charge in [-0.15, -0.1) is 0 Å². The second kappa shape index (κ2) is 5.34. The third kappa shape index (κ3) is 2.71. The Kier molecular flexibility index (Phi) is 3.59. The summed E-state index contributed by atoms with van der Waals surface area (Å²) >= 11 is 0. The minimum absolute atomic E-state index is 0.208. The molecule has 0 bridgehead atoms. The van der Waals surface area contributed by atoms with Crippen molar-refractivity contribution in [1.29, 1.82) is 0 Å². The number of nitrogens with zero attached hydrogens (tertiary/aromatic N) is 1. The largest absolute Gasteiger partial charge is 0.346 e. The van der Waals surface area contributed by atoms with E-state index in [0.717, 1.165) is 24.3 Å². The van der Waals surface area contributed by atoms with Crippen LogP contribution in [0.2, 0.25) is 0 Å². The van der Waals surface area contributed by atoms with E-state index in [-0.39, 0.29) is 6.29 Å². The van der Waals surface area contributed by atoms with Crippen LogP contribution >= 0.6 is 0 Å². The third-order valence-electron chi connectivity index (χ3n) is 3.79. The molecule has 1 aliphatic heterocycles. The zero-order chi connectivity index (χ0) is 12.4. The van der Waals surface area contributed by atoms with Gasteiger partial charge in [0.05, 0.1) is 13.2 Å². The maximum atomic E-state index is 6.15. The molecule has 0 spiro atoms. The van der Waals surface area contributed by atoms with Crippen LogP contribution in [0.25, 0.3) is 0 Å². The maximum Gasteiger partial charge on any atom is 0.184 e. The van der Waals surface area contributed by atoms with Crippen molar-refractivity contribution in [3.63, 3.8) is 0 Å². The first kappa shape index (κ1) is 12.1. The first-order valence-electron chi connectivity index (χ1n) is 6.76. The molecule has 0 aromatic carbocycles. The Balaban J connectivity index is 1.66. The summed E-state index contributed by atoms with van der Waals surface area (Å²) in [7, 11) is 0. The van der Waals surface area contributed by atoms with Crippen molar-refractivity contribution in [2.45, 2.75) is 38.0 Å². The molecule has 2 fully saturated rings. The van der Waals surface area contributed by atoms with Crippen molar-refractivity contribution in [1.82, 2.24) is 4.98 Å². The summed E-state index contributed by atoms with van der Waals surface area (Å²) in [6, 6.07) is 2.33. The molecule has 2 aliphatic rings. The second-order valence-electron chi connectivity index (χ2n) is 5.19. The molecule has 1 aromatic rings. The summed E-state index contributed by atoms with van der Waals surface area (Å²) in [5, 5.41) is 0. The molecule has 18 heavy (non-hydrogen) atoms. The molecule has 0 amide bonds. The van der Waals surface area contributed by atoms with E-state index in [1.54, 1.807) is 6.20 Å². The van der Waals surface area contributed by atoms with Crippen LogP contribution in [0.3, 0.4) is 0 Å². The van der Waals surface area contributed by atoms with Gasteiger partial charge in [-0.05, 0) is 43.2 Å². The summed E-state index contributed by atoms with van der Waals surface area (Å²) in [5.74, 6) is 0.754. The van der Waals surface area contributed by atoms with Gasteiger partial charge in [-0.2, -0.15) is 0 Å². The Hall–Kier alpha value is -0.970. The molecule has 1 atom stereocenters. The summed E-state index contributed by atoms with van der Waals surface area (Å²) in [6.45, 7) is 1.35. The van der Waals surface area contributed by atoms with E-state index < -0.39 is 0 Å². The molecule has 2 N–H and O–H groups in total. The van der Waals surface area contributed by atoms with Gasteiger partial charge in [0.15, 0.2) is 6.29 Å². The number of rotatable bonds is 5. The summed E-state index contributed by atoms with van der Waals surface area (Å²) in [4.78, 5) is 4.20. The summed E-state index contributed by atoms with van der Waals surface area (Å²) < 4.78 is 11.1. The molecule has 3 rings (SSSR count). The number of aryl methyl sites for hydroxylation is 1. The third-order valence-corrected chi connectivity index (χ3v) is 3.79. The topological polar surface area (TPSA) is 57.4 Å². The van der Waals surface area contributed by atoms with Gasteiger partial charge in [0.2, 0.25) is 0 Å². The highest BCUT2D eigenvalue weighted by Gasteiger charge is 2.28. The zero-order valence-electron chi connectivity index (χ0n) is 10.5. The van der Waals surface area contributed by atoms with Crippen molar-refractivity contribution >= 4 is 0 Å². The van der Waals surface area contributed by atoms with E-state index in [9.17, 15) is 0 Å². The Labute approximate surface area is 107 Å². The highest BCUT2D eigenvalue weighted by molar-refractivity contribution is 5.25. The van der Waals surface area contributed by atoms with Crippen LogP contribution in [-0.4, -0.2) is 24.2 Å². The number of pyridine rings is 1. The Morgan fingerprint density at radius 1 is 1.33 bits per heavy atom. The molecule has 4 heteroatoms. The summed E-state index contributed by atoms with van der Waals surface area (Å²) in [5.41, 5.74) is 8.47. The minimum Gasteiger partial charge on any atom is -0.346 e. The molecule has 1 aromatic heterocycles. The lowest BCUT2D eigenvalue weighted by Crippen LogP contribution is -2.23. The van der Waals surface area contributed by atoms with Crippen molar-refractivity contribution in [2.75, 3.05) is 13.2 Å². The average molecular weight is 248 g/mol. The van der Waals surface area contributed by atoms with E-state index >= 15 is 0 Å². The van der Waals surface area contributed by atoms with E-state index in [1.165, 1.54) is 18.4 Å². The maximum absolute atomic E-state index is 6.15. The molecule has 1 saturated carbocycles. The van der Waals surface area contributed by atoms with Gasteiger partial charge in [-0.25, -0.2) is 0 Å². The molecule has 4 nitrogen and oxygen atoms in total. The van der Waals surface area contributed by atoms with Gasteiger partial charge < -0.3 is 15.2 Å². The standard InChI is InChI=1S/C14H20N2O2/c15-13(10-1-2-10)4-3-11-9-16-6-5-12(11)14-17-7-8-18-14/h5-6,9-10,13-14H,1-4,7-8,15H2. The Morgan fingerprint density at radius 3 is 2.83 bits per heavy atom. The van der Waals surface area contributed by atoms with Crippen molar-refractivity contribution < 1.29 is 9.47 Å². The fourth-order valence-electron chi connectivity index (χ4n) is 2.50. The average Bonchev–Trinajstić information content (AvgIpc) is 3.12. The SMILES string of the molecule is NC(CCc1cnccc1C1OCCO1)C1CC1. The predicted molar refractivity (Wildman–Crippen MR) is 67.9 cm³/mol. The first-order valence-corrected chi connectivity index (χ1v) is 6.76. The normalized spacial score (nSPS) is 22.3. The van der Waals surface area contributed by atoms with Crippen LogP contribution in [0.1, 0.15) is 36.7 Å². The van der Waals surface area contributed by atoms with Crippen LogP contribution < -0.4 is 5.73 Å². The van der Waals surface area contributed by atoms with Crippen molar-refractivity contribution in [3.8, 4) is 0 Å². The quantitative estimate of drug-likeness (QED) is 0.863. The number of hydrogen-bond donors (Lipinski definition) is 1. The van der Waals surface area contributed by atoms with Crippen LogP contribution in [0.5, 0.6) is 0 Å². The highest BCUT2D eigenvalue weighted by atomic mass is 16.7. The molecule has 1 unspecified atom stereocenters. The van der Waals surface area contributed by atoms with E-state index in [1.807, 2.05) is 12.3 Å². The van der Waals surface area contributed by atoms with Crippen LogP contribution in [-0.2, 0) is 15.9 Å². The second-order valence-corrected chi connectivity index (χ2v) is 5.19. The van der Waals surface area contributed by atoms with Gasteiger partial charge >= 0.3 is 0 Å². The lowest BCUT2D eigenvalue weighted by Gasteiger charge is -2.15. The van der Waals surface area contributed by atoms with Crippen LogP contribution in [0, 0.1) is 5.92 Å². The predicted octanol–water partition coefficient (Wildman–Crippen LogP) is 1.80. The van der Waals surface area contributed by atoms with E-state index in [2.05, 4.69) is 4.98 Å². The molecule has 98 valence electrons. The van der Waals surface area contributed by atoms with E-state index in [4.69, 9.17) is 15.2 Å². The molecule has 1 aliphatic carbocycles. The fourth-order valence-corrected chi connectivity index (χ4v) is 2.50. The molecule has 2 heterocycles. The lowest BCUT2D eigenvalue weighted by molar-refractivity contribution is -0.0448. The van der Waals surface area contributed by atoms with Crippen LogP contribution in [0.15, 0.2) is 18.5 Å². The van der Waals surface area contributed by atoms with Gasteiger partial charge in [-0.1, -0.05) is 0 Å². The first-order chi connectivity index (χ1) is 8.84. The van der Waals surface area contributed by atoms with E-state index in [0.29, 0.717) is 19.3 Å². The Morgan fingerprint density at radius 2 is 2.11 bits per heavy atom. The Bertz CT molecular complexity index is 401. The van der Waals surface area contributed by atoms with Gasteiger partial charge in [-0.3, -0.25) is 4.98 Å². The van der Waals surface area contributed by atoms with Gasteiger partial charge in [0, 0.05) is 24.0 Å². The zero-order valence-corrected chi connectivity index (χ0v) is 10.5. The number of hydrogen-bond acceptors (Lipinski definition) is 4. The highest BCUT2D eigenvalue weighted by Crippen LogP contribution is 2.34. The number of aromatic nitrogens is 1. The smallest absolute Gasteiger partial charge is 0.184 e. The van der Waals surface area contributed by atoms with Gasteiger partial charge in [0.1, 0.15) is 0 Å². The van der Waals surface area contributed by atoms with Gasteiger partial charge in [0.25, 0.3) is 0 Å². The van der Waals surface area contributed by atoms with Crippen molar-refractivity contribution in [2.24, 2.45) is 11.7 Å². The monoisotopic (exact) mass is 248 g/mol. The molecule has 0 radical (unpaired) electrons. The molecular weight excluding hydrogens is 228 g/mol. The number of nitrogens with two attached hydrogens (primary N) is 1. The van der Waals surface area contributed by atoms with Crippen molar-refractivity contribution in [3.05, 3.63) is 29.6 Å².